The average Bonchev–Trinajstić information content (AvgIpc) is 2.94. The zero-order chi connectivity index (χ0) is 28.5. The third-order valence-electron chi connectivity index (χ3n) is 7.55. The van der Waals surface area contributed by atoms with E-state index in [1.165, 1.54) is 135 Å². The number of rotatable bonds is 31. The third-order valence-corrected chi connectivity index (χ3v) is 7.55. The van der Waals surface area contributed by atoms with Crippen molar-refractivity contribution in [3.63, 3.8) is 0 Å². The molecule has 0 saturated heterocycles. The van der Waals surface area contributed by atoms with Crippen molar-refractivity contribution in [3.05, 3.63) is 36.5 Å². The van der Waals surface area contributed by atoms with Gasteiger partial charge in [-0.2, -0.15) is 0 Å². The van der Waals surface area contributed by atoms with Crippen molar-refractivity contribution < 1.29 is 9.84 Å². The second-order valence-corrected chi connectivity index (χ2v) is 11.6. The SMILES string of the molecule is CCCCC/C=C\C/C=C\CCCCCCCCOCC(N)C(O)C=CCCCCCCCCCCCCC. The van der Waals surface area contributed by atoms with Gasteiger partial charge in [-0.05, 0) is 51.4 Å². The standard InChI is InChI=1S/C36H69NO2/c1-3-5-7-9-11-13-15-17-18-19-21-23-25-27-29-31-33-39-34-35(37)36(38)32-30-28-26-24-22-20-16-14-12-10-8-6-4-2/h11,13,17-18,30,32,35-36,38H,3-10,12,14-16,19-29,31,33-34,37H2,1-2H3/b13-11-,18-17-,32-30?. The van der Waals surface area contributed by atoms with Gasteiger partial charge in [0.25, 0.3) is 0 Å². The average molecular weight is 548 g/mol. The minimum atomic E-state index is -0.603. The second-order valence-electron chi connectivity index (χ2n) is 11.6. The van der Waals surface area contributed by atoms with Crippen LogP contribution < -0.4 is 5.73 Å². The maximum absolute atomic E-state index is 10.2. The molecule has 39 heavy (non-hydrogen) atoms. The molecule has 0 aliphatic heterocycles. The van der Waals surface area contributed by atoms with E-state index in [2.05, 4.69) is 44.2 Å². The summed E-state index contributed by atoms with van der Waals surface area (Å²) in [5.41, 5.74) is 6.10. The highest BCUT2D eigenvalue weighted by molar-refractivity contribution is 4.94. The maximum Gasteiger partial charge on any atom is 0.0894 e. The number of aliphatic hydroxyl groups excluding tert-OH is 1. The summed E-state index contributed by atoms with van der Waals surface area (Å²) in [6.07, 6.45) is 43.7. The van der Waals surface area contributed by atoms with Crippen LogP contribution in [0.4, 0.5) is 0 Å². The van der Waals surface area contributed by atoms with Gasteiger partial charge in [-0.15, -0.1) is 0 Å². The number of allylic oxidation sites excluding steroid dienone is 5. The van der Waals surface area contributed by atoms with Gasteiger partial charge in [-0.25, -0.2) is 0 Å². The van der Waals surface area contributed by atoms with Crippen LogP contribution in [0.25, 0.3) is 0 Å². The molecule has 0 spiro atoms. The van der Waals surface area contributed by atoms with E-state index in [-0.39, 0.29) is 6.04 Å². The van der Waals surface area contributed by atoms with Gasteiger partial charge in [0.05, 0.1) is 18.8 Å². The Hall–Kier alpha value is -0.900. The summed E-state index contributed by atoms with van der Waals surface area (Å²) in [4.78, 5) is 0. The Bertz CT molecular complexity index is 542. The Morgan fingerprint density at radius 2 is 0.949 bits per heavy atom. The lowest BCUT2D eigenvalue weighted by Gasteiger charge is -2.15. The van der Waals surface area contributed by atoms with Crippen molar-refractivity contribution in [2.45, 2.75) is 180 Å². The number of hydrogen-bond acceptors (Lipinski definition) is 3. The fraction of sp³-hybridized carbons (Fsp3) is 0.833. The molecule has 0 aromatic rings. The molecule has 0 amide bonds. The van der Waals surface area contributed by atoms with Crippen molar-refractivity contribution in [3.8, 4) is 0 Å². The monoisotopic (exact) mass is 548 g/mol. The highest BCUT2D eigenvalue weighted by atomic mass is 16.5. The van der Waals surface area contributed by atoms with Gasteiger partial charge in [0.1, 0.15) is 0 Å². The first-order valence-corrected chi connectivity index (χ1v) is 17.2. The largest absolute Gasteiger partial charge is 0.387 e. The van der Waals surface area contributed by atoms with Gasteiger partial charge < -0.3 is 15.6 Å². The van der Waals surface area contributed by atoms with Crippen LogP contribution in [-0.2, 0) is 4.74 Å². The summed E-state index contributed by atoms with van der Waals surface area (Å²) >= 11 is 0. The van der Waals surface area contributed by atoms with Crippen molar-refractivity contribution in [1.29, 1.82) is 0 Å². The van der Waals surface area contributed by atoms with Gasteiger partial charge in [0, 0.05) is 6.61 Å². The molecule has 0 aliphatic rings. The first kappa shape index (κ1) is 38.1. The molecule has 0 heterocycles. The number of ether oxygens (including phenoxy) is 1. The lowest BCUT2D eigenvalue weighted by molar-refractivity contribution is 0.0783. The second kappa shape index (κ2) is 33.3. The van der Waals surface area contributed by atoms with E-state index in [0.717, 1.165) is 25.9 Å². The summed E-state index contributed by atoms with van der Waals surface area (Å²) in [6.45, 7) is 5.71. The molecular formula is C36H69NO2. The van der Waals surface area contributed by atoms with Crippen molar-refractivity contribution in [2.24, 2.45) is 5.73 Å². The predicted molar refractivity (Wildman–Crippen MR) is 174 cm³/mol. The molecule has 2 atom stereocenters. The van der Waals surface area contributed by atoms with Crippen LogP contribution in [0.3, 0.4) is 0 Å². The molecule has 230 valence electrons. The van der Waals surface area contributed by atoms with E-state index in [1.807, 2.05) is 6.08 Å². The third kappa shape index (κ3) is 31.5. The quantitative estimate of drug-likeness (QED) is 0.0670. The number of nitrogens with two attached hydrogens (primary N) is 1. The zero-order valence-electron chi connectivity index (χ0n) is 26.4. The van der Waals surface area contributed by atoms with Gasteiger partial charge in [-0.1, -0.05) is 153 Å². The van der Waals surface area contributed by atoms with Gasteiger partial charge in [-0.3, -0.25) is 0 Å². The summed E-state index contributed by atoms with van der Waals surface area (Å²) < 4.78 is 5.72. The molecule has 0 bridgehead atoms. The molecule has 3 heteroatoms. The molecule has 0 aromatic heterocycles. The number of aliphatic hydroxyl groups is 1. The van der Waals surface area contributed by atoms with Crippen LogP contribution in [0.15, 0.2) is 36.5 Å². The fourth-order valence-corrected chi connectivity index (χ4v) is 4.82. The van der Waals surface area contributed by atoms with Crippen LogP contribution >= 0.6 is 0 Å². The molecule has 0 fully saturated rings. The first-order valence-electron chi connectivity index (χ1n) is 17.2. The van der Waals surface area contributed by atoms with Crippen molar-refractivity contribution in [1.82, 2.24) is 0 Å². The van der Waals surface area contributed by atoms with E-state index in [0.29, 0.717) is 6.61 Å². The molecule has 0 aromatic carbocycles. The maximum atomic E-state index is 10.2. The molecule has 2 unspecified atom stereocenters. The predicted octanol–water partition coefficient (Wildman–Crippen LogP) is 10.8. The van der Waals surface area contributed by atoms with Crippen LogP contribution in [-0.4, -0.2) is 30.5 Å². The Kier molecular flexibility index (Phi) is 32.5. The topological polar surface area (TPSA) is 55.5 Å². The minimum absolute atomic E-state index is 0.330. The van der Waals surface area contributed by atoms with E-state index >= 15 is 0 Å². The minimum Gasteiger partial charge on any atom is -0.387 e. The highest BCUT2D eigenvalue weighted by Crippen LogP contribution is 2.12. The van der Waals surface area contributed by atoms with E-state index in [4.69, 9.17) is 10.5 Å². The summed E-state index contributed by atoms with van der Waals surface area (Å²) in [6, 6.07) is -0.330. The lowest BCUT2D eigenvalue weighted by Crippen LogP contribution is -2.37. The summed E-state index contributed by atoms with van der Waals surface area (Å²) in [7, 11) is 0. The van der Waals surface area contributed by atoms with Gasteiger partial charge >= 0.3 is 0 Å². The highest BCUT2D eigenvalue weighted by Gasteiger charge is 2.11. The Morgan fingerprint density at radius 1 is 0.538 bits per heavy atom. The Morgan fingerprint density at radius 3 is 1.49 bits per heavy atom. The van der Waals surface area contributed by atoms with E-state index in [1.54, 1.807) is 0 Å². The molecule has 0 rings (SSSR count). The zero-order valence-corrected chi connectivity index (χ0v) is 26.4. The van der Waals surface area contributed by atoms with Crippen LogP contribution in [0.5, 0.6) is 0 Å². The molecule has 0 aliphatic carbocycles. The number of unbranched alkanes of at least 4 members (excludes halogenated alkanes) is 20. The van der Waals surface area contributed by atoms with Gasteiger partial charge in [0.2, 0.25) is 0 Å². The van der Waals surface area contributed by atoms with Gasteiger partial charge in [0.15, 0.2) is 0 Å². The van der Waals surface area contributed by atoms with Crippen LogP contribution in [0.1, 0.15) is 168 Å². The smallest absolute Gasteiger partial charge is 0.0894 e. The van der Waals surface area contributed by atoms with E-state index < -0.39 is 6.10 Å². The molecule has 3 nitrogen and oxygen atoms in total. The lowest BCUT2D eigenvalue weighted by atomic mass is 10.0. The first-order chi connectivity index (χ1) is 19.2. The number of hydrogen-bond donors (Lipinski definition) is 2. The van der Waals surface area contributed by atoms with Crippen LogP contribution in [0.2, 0.25) is 0 Å². The summed E-state index contributed by atoms with van der Waals surface area (Å²) in [5.74, 6) is 0. The summed E-state index contributed by atoms with van der Waals surface area (Å²) in [5, 5.41) is 10.2. The Balaban J connectivity index is 3.40. The Labute approximate surface area is 245 Å². The van der Waals surface area contributed by atoms with E-state index in [9.17, 15) is 5.11 Å². The van der Waals surface area contributed by atoms with Crippen LogP contribution in [0, 0.1) is 0 Å². The normalized spacial score (nSPS) is 13.8. The molecule has 0 saturated carbocycles. The fourth-order valence-electron chi connectivity index (χ4n) is 4.82. The molecule has 3 N–H and O–H groups in total. The van der Waals surface area contributed by atoms with Crippen molar-refractivity contribution in [2.75, 3.05) is 13.2 Å². The van der Waals surface area contributed by atoms with Crippen molar-refractivity contribution >= 4 is 0 Å². The molecular weight excluding hydrogens is 478 g/mol. The molecule has 0 radical (unpaired) electrons.